The number of hydrogen-bond donors (Lipinski definition) is 3. The Morgan fingerprint density at radius 2 is 1.75 bits per heavy atom. The first-order valence-corrected chi connectivity index (χ1v) is 14.5. The van der Waals surface area contributed by atoms with Gasteiger partial charge in [-0.3, -0.25) is 9.80 Å². The van der Waals surface area contributed by atoms with E-state index >= 15 is 8.78 Å². The number of nitriles is 1. The highest BCUT2D eigenvalue weighted by Gasteiger charge is 2.36. The molecule has 14 heteroatoms. The van der Waals surface area contributed by atoms with Gasteiger partial charge in [0.15, 0.2) is 11.6 Å². The van der Waals surface area contributed by atoms with Gasteiger partial charge in [0.1, 0.15) is 11.5 Å². The Morgan fingerprint density at radius 1 is 1.05 bits per heavy atom. The zero-order chi connectivity index (χ0) is 29.0. The van der Waals surface area contributed by atoms with Crippen molar-refractivity contribution in [1.82, 2.24) is 15.0 Å². The van der Waals surface area contributed by atoms with Gasteiger partial charge in [0.25, 0.3) is 0 Å². The Bertz CT molecular complexity index is 1570. The molecule has 0 bridgehead atoms. The number of hydrogen-bond acceptors (Lipinski definition) is 7. The predicted molar refractivity (Wildman–Crippen MR) is 151 cm³/mol. The number of anilines is 4. The second-order valence-electron chi connectivity index (χ2n) is 8.86. The molecular formula is C26H26ClF2N7O3S. The summed E-state index contributed by atoms with van der Waals surface area (Å²) in [4.78, 5) is 20.4. The molecule has 3 aromatic rings. The molecule has 1 aliphatic heterocycles. The summed E-state index contributed by atoms with van der Waals surface area (Å²) in [6.45, 7) is 3.11. The molecule has 0 unspecified atom stereocenters. The van der Waals surface area contributed by atoms with E-state index in [0.29, 0.717) is 35.8 Å². The van der Waals surface area contributed by atoms with Crippen LogP contribution in [0.4, 0.5) is 36.5 Å². The highest BCUT2D eigenvalue weighted by atomic mass is 35.5. The van der Waals surface area contributed by atoms with Crippen molar-refractivity contribution in [3.8, 4) is 17.2 Å². The summed E-state index contributed by atoms with van der Waals surface area (Å²) in [5.74, 6) is -1.73. The number of halogens is 3. The van der Waals surface area contributed by atoms with Crippen LogP contribution in [0.25, 0.3) is 11.1 Å². The van der Waals surface area contributed by atoms with E-state index in [1.807, 2.05) is 6.07 Å². The van der Waals surface area contributed by atoms with Crippen LogP contribution >= 0.6 is 11.6 Å². The summed E-state index contributed by atoms with van der Waals surface area (Å²) >= 11 is 6.21. The van der Waals surface area contributed by atoms with Gasteiger partial charge in [-0.05, 0) is 37.3 Å². The number of nitrogens with one attached hydrogen (secondary N) is 3. The number of pyridine rings is 1. The topological polar surface area (TPSA) is 130 Å². The van der Waals surface area contributed by atoms with Crippen LogP contribution < -0.4 is 25.2 Å². The zero-order valence-electron chi connectivity index (χ0n) is 21.6. The second-order valence-corrected chi connectivity index (χ2v) is 11.1. The SMILES string of the molecule is CCN1C(=O)N(c2c(F)cc(NCCNCCNS(C)(=O)=O)cc2F)c2cc(C#N)ccc2-c2cc(Cl)cnc21. The number of urea groups is 1. The van der Waals surface area contributed by atoms with Crippen LogP contribution in [-0.4, -0.2) is 58.4 Å². The Kier molecular flexibility index (Phi) is 8.85. The molecule has 3 N–H and O–H groups in total. The minimum Gasteiger partial charge on any atom is -0.384 e. The van der Waals surface area contributed by atoms with E-state index in [0.717, 1.165) is 23.3 Å². The number of rotatable bonds is 10. The number of aromatic nitrogens is 1. The highest BCUT2D eigenvalue weighted by Crippen LogP contribution is 2.45. The minimum atomic E-state index is -3.28. The van der Waals surface area contributed by atoms with E-state index in [4.69, 9.17) is 11.6 Å². The van der Waals surface area contributed by atoms with E-state index < -0.39 is 33.4 Å². The molecule has 0 radical (unpaired) electrons. The van der Waals surface area contributed by atoms with Crippen molar-refractivity contribution in [1.29, 1.82) is 5.26 Å². The first kappa shape index (κ1) is 29.2. The molecule has 0 fully saturated rings. The van der Waals surface area contributed by atoms with Gasteiger partial charge in [-0.2, -0.15) is 5.26 Å². The van der Waals surface area contributed by atoms with Gasteiger partial charge in [0.2, 0.25) is 10.0 Å². The Labute approximate surface area is 235 Å². The second kappa shape index (κ2) is 12.1. The monoisotopic (exact) mass is 589 g/mol. The third-order valence-electron chi connectivity index (χ3n) is 6.02. The van der Waals surface area contributed by atoms with E-state index in [2.05, 4.69) is 20.3 Å². The average Bonchev–Trinajstić information content (AvgIpc) is 2.99. The number of nitrogens with zero attached hydrogens (tertiary/aromatic N) is 4. The van der Waals surface area contributed by atoms with Gasteiger partial charge in [-0.1, -0.05) is 17.7 Å². The molecule has 0 aliphatic carbocycles. The van der Waals surface area contributed by atoms with E-state index in [1.54, 1.807) is 25.1 Å². The van der Waals surface area contributed by atoms with Crippen molar-refractivity contribution in [2.45, 2.75) is 6.92 Å². The average molecular weight is 590 g/mol. The first-order chi connectivity index (χ1) is 19.0. The fourth-order valence-electron chi connectivity index (χ4n) is 4.30. The van der Waals surface area contributed by atoms with Crippen LogP contribution in [0.3, 0.4) is 0 Å². The number of carbonyl (C=O) groups is 1. The summed E-state index contributed by atoms with van der Waals surface area (Å²) in [6, 6.07) is 9.54. The van der Waals surface area contributed by atoms with Gasteiger partial charge in [0.05, 0.1) is 28.6 Å². The van der Waals surface area contributed by atoms with Crippen molar-refractivity contribution < 1.29 is 22.0 Å². The van der Waals surface area contributed by atoms with Crippen molar-refractivity contribution >= 4 is 50.5 Å². The van der Waals surface area contributed by atoms with E-state index in [-0.39, 0.29) is 35.8 Å². The molecule has 2 amide bonds. The summed E-state index contributed by atoms with van der Waals surface area (Å²) < 4.78 is 55.7. The van der Waals surface area contributed by atoms with Crippen LogP contribution in [0.15, 0.2) is 42.6 Å². The molecule has 0 saturated heterocycles. The molecule has 0 saturated carbocycles. The van der Waals surface area contributed by atoms with Gasteiger partial charge in [-0.15, -0.1) is 0 Å². The molecular weight excluding hydrogens is 564 g/mol. The van der Waals surface area contributed by atoms with E-state index in [9.17, 15) is 18.5 Å². The van der Waals surface area contributed by atoms with Gasteiger partial charge in [-0.25, -0.2) is 31.7 Å². The lowest BCUT2D eigenvalue weighted by atomic mass is 10.0. The van der Waals surface area contributed by atoms with Crippen LogP contribution in [0.5, 0.6) is 0 Å². The normalized spacial score (nSPS) is 12.9. The molecule has 0 spiro atoms. The van der Waals surface area contributed by atoms with Gasteiger partial charge in [0, 0.05) is 55.7 Å². The lowest BCUT2D eigenvalue weighted by Gasteiger charge is -2.28. The Morgan fingerprint density at radius 3 is 2.40 bits per heavy atom. The predicted octanol–water partition coefficient (Wildman–Crippen LogP) is 4.20. The molecule has 210 valence electrons. The number of carbonyl (C=O) groups excluding carboxylic acids is 1. The standard InChI is InChI=1S/C26H26ClF2N7O3S/c1-3-35-25-20(11-17(27)15-33-25)19-5-4-16(14-30)10-23(19)36(26(35)37)24-21(28)12-18(13-22(24)29)32-8-6-31-7-9-34-40(2,38)39/h4-5,10-13,15,31-32,34H,3,6-9H2,1-2H3. The van der Waals surface area contributed by atoms with Crippen LogP contribution in [0.1, 0.15) is 12.5 Å². The van der Waals surface area contributed by atoms with E-state index in [1.165, 1.54) is 17.2 Å². The first-order valence-electron chi connectivity index (χ1n) is 12.2. The lowest BCUT2D eigenvalue weighted by Crippen LogP contribution is -2.41. The largest absolute Gasteiger partial charge is 0.384 e. The molecule has 40 heavy (non-hydrogen) atoms. The molecule has 2 aromatic carbocycles. The van der Waals surface area contributed by atoms with Gasteiger partial charge < -0.3 is 10.6 Å². The zero-order valence-corrected chi connectivity index (χ0v) is 23.2. The molecule has 2 heterocycles. The maximum absolute atomic E-state index is 15.6. The smallest absolute Gasteiger partial charge is 0.334 e. The van der Waals surface area contributed by atoms with Crippen molar-refractivity contribution in [2.75, 3.05) is 54.1 Å². The molecule has 0 atom stereocenters. The molecule has 1 aliphatic rings. The van der Waals surface area contributed by atoms with Crippen LogP contribution in [-0.2, 0) is 10.0 Å². The minimum absolute atomic E-state index is 0.107. The summed E-state index contributed by atoms with van der Waals surface area (Å²) in [5, 5.41) is 15.7. The summed E-state index contributed by atoms with van der Waals surface area (Å²) in [5.41, 5.74) is 0.738. The van der Waals surface area contributed by atoms with Crippen molar-refractivity contribution in [2.24, 2.45) is 0 Å². The van der Waals surface area contributed by atoms with Crippen molar-refractivity contribution in [3.63, 3.8) is 0 Å². The molecule has 4 rings (SSSR count). The molecule has 10 nitrogen and oxygen atoms in total. The fourth-order valence-corrected chi connectivity index (χ4v) is 4.93. The number of benzene rings is 2. The maximum atomic E-state index is 15.6. The number of fused-ring (bicyclic) bond motifs is 3. The fraction of sp³-hybridized carbons (Fsp3) is 0.269. The third-order valence-corrected chi connectivity index (χ3v) is 6.96. The number of sulfonamides is 1. The number of amides is 2. The molecule has 1 aromatic heterocycles. The lowest BCUT2D eigenvalue weighted by molar-refractivity contribution is 0.253. The Hall–Kier alpha value is -3.83. The third kappa shape index (κ3) is 6.31. The quantitative estimate of drug-likeness (QED) is 0.302. The van der Waals surface area contributed by atoms with Gasteiger partial charge >= 0.3 is 6.03 Å². The van der Waals surface area contributed by atoms with Crippen molar-refractivity contribution in [3.05, 3.63) is 64.8 Å². The highest BCUT2D eigenvalue weighted by molar-refractivity contribution is 7.88. The maximum Gasteiger partial charge on any atom is 0.334 e. The summed E-state index contributed by atoms with van der Waals surface area (Å²) in [7, 11) is -3.28. The van der Waals surface area contributed by atoms with Crippen LogP contribution in [0, 0.1) is 23.0 Å². The van der Waals surface area contributed by atoms with Crippen LogP contribution in [0.2, 0.25) is 5.02 Å². The Balaban J connectivity index is 1.66. The summed E-state index contributed by atoms with van der Waals surface area (Å²) in [6.07, 6.45) is 2.45.